The van der Waals surface area contributed by atoms with Gasteiger partial charge in [-0.1, -0.05) is 0 Å². The molecule has 0 saturated heterocycles. The Bertz CT molecular complexity index is 493. The van der Waals surface area contributed by atoms with Gasteiger partial charge in [-0.3, -0.25) is 10.1 Å². The van der Waals surface area contributed by atoms with Gasteiger partial charge >= 0.3 is 0 Å². The third-order valence-corrected chi connectivity index (χ3v) is 1.91. The minimum atomic E-state index is -0.496. The number of nitrogens with zero attached hydrogens (tertiary/aromatic N) is 2. The highest BCUT2D eigenvalue weighted by atomic mass is 16.6. The lowest BCUT2D eigenvalue weighted by Crippen LogP contribution is -1.96. The highest BCUT2D eigenvalue weighted by molar-refractivity contribution is 5.61. The summed E-state index contributed by atoms with van der Waals surface area (Å²) in [6.07, 6.45) is 1.71. The fraction of sp³-hybridized carbons (Fsp3) is 0. The molecule has 0 unspecified atom stereocenters. The number of aromatic nitrogens is 2. The van der Waals surface area contributed by atoms with E-state index >= 15 is 0 Å². The van der Waals surface area contributed by atoms with Crippen LogP contribution in [0.25, 0.3) is 11.4 Å². The van der Waals surface area contributed by atoms with Crippen molar-refractivity contribution in [1.82, 2.24) is 9.97 Å². The van der Waals surface area contributed by atoms with Crippen LogP contribution in [0.3, 0.4) is 0 Å². The number of H-pyrrole nitrogens is 1. The molecule has 0 fully saturated rings. The number of nitrogens with two attached hydrogens (primary N) is 1. The van der Waals surface area contributed by atoms with Crippen LogP contribution in [0.2, 0.25) is 0 Å². The number of nitrogens with one attached hydrogen (secondary N) is 1. The van der Waals surface area contributed by atoms with Crippen LogP contribution in [0.5, 0.6) is 0 Å². The number of nitrogen functional groups attached to an aromatic ring is 1. The summed E-state index contributed by atoms with van der Waals surface area (Å²) < 4.78 is 0. The van der Waals surface area contributed by atoms with E-state index in [1.165, 1.54) is 12.1 Å². The number of rotatable bonds is 2. The van der Waals surface area contributed by atoms with E-state index in [-0.39, 0.29) is 11.5 Å². The van der Waals surface area contributed by atoms with Gasteiger partial charge < -0.3 is 10.7 Å². The number of nitro groups is 1. The minimum absolute atomic E-state index is 0.0629. The van der Waals surface area contributed by atoms with Crippen LogP contribution in [-0.4, -0.2) is 14.9 Å². The van der Waals surface area contributed by atoms with Gasteiger partial charge in [0.25, 0.3) is 5.69 Å². The predicted octanol–water partition coefficient (Wildman–Crippen LogP) is 1.57. The molecule has 0 radical (unpaired) electrons. The quantitative estimate of drug-likeness (QED) is 0.572. The molecular formula is C9H8N4O2. The van der Waals surface area contributed by atoms with Crippen LogP contribution in [0.4, 0.5) is 11.5 Å². The van der Waals surface area contributed by atoms with Crippen LogP contribution in [-0.2, 0) is 0 Å². The maximum absolute atomic E-state index is 10.6. The van der Waals surface area contributed by atoms with Gasteiger partial charge in [0.15, 0.2) is 0 Å². The SMILES string of the molecule is Nc1cc([N+](=O)[O-])cc(-c2ccc[nH]2)n1. The largest absolute Gasteiger partial charge is 0.383 e. The summed E-state index contributed by atoms with van der Waals surface area (Å²) in [5, 5.41) is 10.6. The predicted molar refractivity (Wildman–Crippen MR) is 55.1 cm³/mol. The van der Waals surface area contributed by atoms with Crippen molar-refractivity contribution in [1.29, 1.82) is 0 Å². The topological polar surface area (TPSA) is 97.8 Å². The Morgan fingerprint density at radius 2 is 2.27 bits per heavy atom. The standard InChI is InChI=1S/C9H8N4O2/c10-9-5-6(13(14)15)4-8(12-9)7-2-1-3-11-7/h1-5,11H,(H2,10,12). The Hall–Kier alpha value is -2.37. The zero-order valence-corrected chi connectivity index (χ0v) is 7.68. The fourth-order valence-electron chi connectivity index (χ4n) is 1.27. The van der Waals surface area contributed by atoms with E-state index in [1.807, 2.05) is 0 Å². The number of anilines is 1. The third kappa shape index (κ3) is 1.78. The molecule has 15 heavy (non-hydrogen) atoms. The second-order valence-corrected chi connectivity index (χ2v) is 2.98. The molecule has 0 amide bonds. The summed E-state index contributed by atoms with van der Waals surface area (Å²) in [7, 11) is 0. The number of hydrogen-bond donors (Lipinski definition) is 2. The molecule has 76 valence electrons. The second-order valence-electron chi connectivity index (χ2n) is 2.98. The molecule has 0 atom stereocenters. The van der Waals surface area contributed by atoms with Crippen LogP contribution >= 0.6 is 0 Å². The third-order valence-electron chi connectivity index (χ3n) is 1.91. The Morgan fingerprint density at radius 3 is 2.87 bits per heavy atom. The van der Waals surface area contributed by atoms with Crippen LogP contribution < -0.4 is 5.73 Å². The average molecular weight is 204 g/mol. The first-order valence-corrected chi connectivity index (χ1v) is 4.22. The summed E-state index contributed by atoms with van der Waals surface area (Å²) in [6, 6.07) is 6.16. The molecule has 3 N–H and O–H groups in total. The molecule has 2 rings (SSSR count). The molecule has 0 bridgehead atoms. The van der Waals surface area contributed by atoms with Gasteiger partial charge in [0, 0.05) is 12.3 Å². The molecule has 0 aromatic carbocycles. The summed E-state index contributed by atoms with van der Waals surface area (Å²) in [4.78, 5) is 17.0. The molecule has 0 spiro atoms. The molecule has 6 nitrogen and oxygen atoms in total. The van der Waals surface area contributed by atoms with Crippen molar-refractivity contribution in [3.05, 3.63) is 40.6 Å². The number of hydrogen-bond acceptors (Lipinski definition) is 4. The Kier molecular flexibility index (Phi) is 2.09. The van der Waals surface area contributed by atoms with E-state index < -0.39 is 4.92 Å². The maximum atomic E-state index is 10.6. The molecule has 6 heteroatoms. The van der Waals surface area contributed by atoms with Crippen molar-refractivity contribution in [2.45, 2.75) is 0 Å². The summed E-state index contributed by atoms with van der Waals surface area (Å²) in [5.74, 6) is 0.133. The van der Waals surface area contributed by atoms with Crippen molar-refractivity contribution < 1.29 is 4.92 Å². The number of aromatic amines is 1. The van der Waals surface area contributed by atoms with E-state index in [9.17, 15) is 10.1 Å². The van der Waals surface area contributed by atoms with Gasteiger partial charge in [-0.15, -0.1) is 0 Å². The lowest BCUT2D eigenvalue weighted by molar-refractivity contribution is -0.384. The molecule has 2 aromatic heterocycles. The van der Waals surface area contributed by atoms with Crippen molar-refractivity contribution in [2.75, 3.05) is 5.73 Å². The van der Waals surface area contributed by atoms with Crippen LogP contribution in [0, 0.1) is 10.1 Å². The minimum Gasteiger partial charge on any atom is -0.383 e. The zero-order valence-electron chi connectivity index (χ0n) is 7.68. The highest BCUT2D eigenvalue weighted by Crippen LogP contribution is 2.22. The van der Waals surface area contributed by atoms with E-state index in [0.29, 0.717) is 11.4 Å². The van der Waals surface area contributed by atoms with Crippen molar-refractivity contribution >= 4 is 11.5 Å². The summed E-state index contributed by atoms with van der Waals surface area (Å²) in [5.41, 5.74) is 6.57. The molecular weight excluding hydrogens is 196 g/mol. The van der Waals surface area contributed by atoms with E-state index in [4.69, 9.17) is 5.73 Å². The Morgan fingerprint density at radius 1 is 1.47 bits per heavy atom. The lowest BCUT2D eigenvalue weighted by Gasteiger charge is -1.99. The Labute approximate surface area is 84.9 Å². The highest BCUT2D eigenvalue weighted by Gasteiger charge is 2.11. The first-order chi connectivity index (χ1) is 7.16. The molecule has 0 saturated carbocycles. The van der Waals surface area contributed by atoms with Crippen LogP contribution in [0.15, 0.2) is 30.5 Å². The van der Waals surface area contributed by atoms with Gasteiger partial charge in [0.2, 0.25) is 0 Å². The van der Waals surface area contributed by atoms with E-state index in [2.05, 4.69) is 9.97 Å². The van der Waals surface area contributed by atoms with Gasteiger partial charge in [-0.2, -0.15) is 0 Å². The summed E-state index contributed by atoms with van der Waals surface area (Å²) >= 11 is 0. The van der Waals surface area contributed by atoms with Gasteiger partial charge in [-0.25, -0.2) is 4.98 Å². The number of pyridine rings is 1. The molecule has 0 aliphatic rings. The van der Waals surface area contributed by atoms with Crippen molar-refractivity contribution in [3.63, 3.8) is 0 Å². The van der Waals surface area contributed by atoms with Gasteiger partial charge in [-0.05, 0) is 12.1 Å². The van der Waals surface area contributed by atoms with Gasteiger partial charge in [0.1, 0.15) is 5.82 Å². The monoisotopic (exact) mass is 204 g/mol. The summed E-state index contributed by atoms with van der Waals surface area (Å²) in [6.45, 7) is 0. The normalized spacial score (nSPS) is 10.1. The molecule has 0 aliphatic heterocycles. The van der Waals surface area contributed by atoms with Crippen LogP contribution in [0.1, 0.15) is 0 Å². The van der Waals surface area contributed by atoms with Crippen molar-refractivity contribution in [2.24, 2.45) is 0 Å². The second kappa shape index (κ2) is 3.41. The first kappa shape index (κ1) is 9.20. The van der Waals surface area contributed by atoms with E-state index in [1.54, 1.807) is 18.3 Å². The first-order valence-electron chi connectivity index (χ1n) is 4.22. The molecule has 2 heterocycles. The lowest BCUT2D eigenvalue weighted by atomic mass is 10.2. The van der Waals surface area contributed by atoms with E-state index in [0.717, 1.165) is 0 Å². The molecule has 0 aliphatic carbocycles. The smallest absolute Gasteiger partial charge is 0.275 e. The average Bonchev–Trinajstić information content (AvgIpc) is 2.69. The zero-order chi connectivity index (χ0) is 10.8. The Balaban J connectivity index is 2.54. The van der Waals surface area contributed by atoms with Crippen molar-refractivity contribution in [3.8, 4) is 11.4 Å². The molecule has 2 aromatic rings. The fourth-order valence-corrected chi connectivity index (χ4v) is 1.27. The maximum Gasteiger partial charge on any atom is 0.275 e. The van der Waals surface area contributed by atoms with Gasteiger partial charge in [0.05, 0.1) is 22.4 Å².